The van der Waals surface area contributed by atoms with E-state index in [4.69, 9.17) is 4.74 Å². The minimum atomic E-state index is -0.449. The lowest BCUT2D eigenvalue weighted by Gasteiger charge is -2.32. The van der Waals surface area contributed by atoms with E-state index in [1.165, 1.54) is 11.8 Å². The van der Waals surface area contributed by atoms with Crippen molar-refractivity contribution in [1.29, 1.82) is 0 Å². The Morgan fingerprint density at radius 2 is 2.16 bits per heavy atom. The highest BCUT2D eigenvalue weighted by atomic mass is 32.2. The first-order valence-electron chi connectivity index (χ1n) is 6.37. The summed E-state index contributed by atoms with van der Waals surface area (Å²) in [6, 6.07) is 0.339. The fraction of sp³-hybridized carbons (Fsp3) is 0.615. The van der Waals surface area contributed by atoms with E-state index in [9.17, 15) is 14.4 Å². The Labute approximate surface area is 118 Å². The smallest absolute Gasteiger partial charge is 0.335 e. The zero-order chi connectivity index (χ0) is 14.3. The molecule has 0 unspecified atom stereocenters. The number of carbonyl (C=O) groups is 3. The van der Waals surface area contributed by atoms with E-state index >= 15 is 0 Å². The van der Waals surface area contributed by atoms with E-state index in [0.717, 1.165) is 24.6 Å². The number of carbonyl (C=O) groups excluding carboxylic acids is 3. The van der Waals surface area contributed by atoms with Crippen molar-refractivity contribution in [2.75, 3.05) is 18.9 Å². The zero-order valence-corrected chi connectivity index (χ0v) is 12.1. The summed E-state index contributed by atoms with van der Waals surface area (Å²) in [5.41, 5.74) is 0. The average molecular weight is 285 g/mol. The lowest BCUT2D eigenvalue weighted by Crippen LogP contribution is -2.43. The molecule has 0 N–H and O–H groups in total. The summed E-state index contributed by atoms with van der Waals surface area (Å²) in [6.45, 7) is 4.03. The number of nitrogens with zero attached hydrogens (tertiary/aromatic N) is 1. The number of ether oxygens (including phenoxy) is 1. The largest absolute Gasteiger partial charge is 0.464 e. The van der Waals surface area contributed by atoms with Crippen LogP contribution >= 0.6 is 11.8 Å². The number of likely N-dealkylation sites (tertiary alicyclic amines) is 1. The highest BCUT2D eigenvalue weighted by Gasteiger charge is 2.34. The number of thioether (sulfide) groups is 1. The fourth-order valence-corrected chi connectivity index (χ4v) is 2.36. The van der Waals surface area contributed by atoms with Gasteiger partial charge in [0.25, 0.3) is 0 Å². The van der Waals surface area contributed by atoms with Crippen LogP contribution in [0.1, 0.15) is 33.1 Å². The van der Waals surface area contributed by atoms with Crippen LogP contribution in [0.25, 0.3) is 0 Å². The normalized spacial score (nSPS) is 16.2. The van der Waals surface area contributed by atoms with Crippen molar-refractivity contribution >= 4 is 28.8 Å². The third-order valence-corrected chi connectivity index (χ3v) is 3.44. The maximum Gasteiger partial charge on any atom is 0.335 e. The third-order valence-electron chi connectivity index (χ3n) is 2.62. The molecule has 1 heterocycles. The van der Waals surface area contributed by atoms with Crippen LogP contribution in [0.4, 0.5) is 0 Å². The number of piperidine rings is 1. The van der Waals surface area contributed by atoms with Crippen LogP contribution in [0.3, 0.4) is 0 Å². The number of esters is 1. The van der Waals surface area contributed by atoms with Gasteiger partial charge in [0, 0.05) is 32.1 Å². The van der Waals surface area contributed by atoms with Crippen LogP contribution in [0, 0.1) is 12.5 Å². The van der Waals surface area contributed by atoms with Gasteiger partial charge in [-0.25, -0.2) is 4.79 Å². The molecule has 106 valence electrons. The first-order valence-corrected chi connectivity index (χ1v) is 7.35. The Kier molecular flexibility index (Phi) is 6.91. The van der Waals surface area contributed by atoms with E-state index in [2.05, 4.69) is 0 Å². The molecular weight excluding hydrogens is 266 g/mol. The van der Waals surface area contributed by atoms with Crippen molar-refractivity contribution in [3.05, 3.63) is 12.5 Å². The Hall–Kier alpha value is -1.04. The molecule has 1 aliphatic heterocycles. The SMILES string of the molecule is CCOC(=O)[C]1[CH]CCCN1C(=O)CCSC(C)=O. The molecule has 2 radical (unpaired) electrons. The Balaban J connectivity index is 2.53. The molecule has 1 saturated heterocycles. The summed E-state index contributed by atoms with van der Waals surface area (Å²) < 4.78 is 4.94. The first-order chi connectivity index (χ1) is 9.06. The molecule has 0 aromatic rings. The van der Waals surface area contributed by atoms with Gasteiger partial charge in [-0.05, 0) is 19.8 Å². The molecule has 6 heteroatoms. The molecule has 0 aliphatic carbocycles. The molecular formula is C13H19NO4S. The zero-order valence-electron chi connectivity index (χ0n) is 11.3. The van der Waals surface area contributed by atoms with Crippen LogP contribution in [-0.4, -0.2) is 40.8 Å². The molecule has 1 rings (SSSR count). The van der Waals surface area contributed by atoms with Crippen molar-refractivity contribution in [3.63, 3.8) is 0 Å². The minimum absolute atomic E-state index is 0.00685. The quantitative estimate of drug-likeness (QED) is 0.718. The van der Waals surface area contributed by atoms with Crippen LogP contribution < -0.4 is 0 Å². The van der Waals surface area contributed by atoms with Gasteiger partial charge in [0.15, 0.2) is 11.2 Å². The van der Waals surface area contributed by atoms with Crippen molar-refractivity contribution in [3.8, 4) is 0 Å². The molecule has 1 fully saturated rings. The van der Waals surface area contributed by atoms with Crippen LogP contribution in [0.2, 0.25) is 0 Å². The van der Waals surface area contributed by atoms with Crippen LogP contribution in [0.5, 0.6) is 0 Å². The van der Waals surface area contributed by atoms with E-state index in [-0.39, 0.29) is 17.4 Å². The summed E-state index contributed by atoms with van der Waals surface area (Å²) in [6.07, 6.45) is 3.62. The second-order valence-electron chi connectivity index (χ2n) is 4.09. The van der Waals surface area contributed by atoms with Gasteiger partial charge in [-0.2, -0.15) is 0 Å². The number of amides is 1. The van der Waals surface area contributed by atoms with E-state index in [1.54, 1.807) is 13.3 Å². The second kappa shape index (κ2) is 8.19. The minimum Gasteiger partial charge on any atom is -0.464 e. The summed E-state index contributed by atoms with van der Waals surface area (Å²) in [4.78, 5) is 36.1. The van der Waals surface area contributed by atoms with Crippen molar-refractivity contribution in [1.82, 2.24) is 4.90 Å². The molecule has 0 atom stereocenters. The second-order valence-corrected chi connectivity index (χ2v) is 5.36. The number of hydrogen-bond donors (Lipinski definition) is 0. The highest BCUT2D eigenvalue weighted by molar-refractivity contribution is 8.13. The fourth-order valence-electron chi connectivity index (χ4n) is 1.79. The van der Waals surface area contributed by atoms with Gasteiger partial charge in [0.05, 0.1) is 6.61 Å². The van der Waals surface area contributed by atoms with Crippen LogP contribution in [0.15, 0.2) is 0 Å². The molecule has 0 saturated carbocycles. The summed E-state index contributed by atoms with van der Waals surface area (Å²) in [5, 5.41) is -0.00685. The Morgan fingerprint density at radius 3 is 2.79 bits per heavy atom. The van der Waals surface area contributed by atoms with E-state index < -0.39 is 5.97 Å². The maximum absolute atomic E-state index is 12.1. The van der Waals surface area contributed by atoms with E-state index in [1.807, 2.05) is 0 Å². The maximum atomic E-state index is 12.1. The van der Waals surface area contributed by atoms with Gasteiger partial charge in [-0.1, -0.05) is 11.8 Å². The van der Waals surface area contributed by atoms with Gasteiger partial charge >= 0.3 is 5.97 Å². The van der Waals surface area contributed by atoms with Gasteiger partial charge in [0.1, 0.15) is 0 Å². The van der Waals surface area contributed by atoms with Gasteiger partial charge in [-0.3, -0.25) is 9.59 Å². The lowest BCUT2D eigenvalue weighted by atomic mass is 10.0. The molecule has 0 bridgehead atoms. The first kappa shape index (κ1) is 16.0. The van der Waals surface area contributed by atoms with Gasteiger partial charge in [-0.15, -0.1) is 0 Å². The Bertz CT molecular complexity index is 346. The molecule has 0 aromatic heterocycles. The Morgan fingerprint density at radius 1 is 1.42 bits per heavy atom. The predicted molar refractivity (Wildman–Crippen MR) is 72.9 cm³/mol. The summed E-state index contributed by atoms with van der Waals surface area (Å²) >= 11 is 1.12. The molecule has 5 nitrogen and oxygen atoms in total. The molecule has 1 aliphatic rings. The van der Waals surface area contributed by atoms with Crippen LogP contribution in [-0.2, 0) is 19.1 Å². The van der Waals surface area contributed by atoms with Gasteiger partial charge in [0.2, 0.25) is 5.91 Å². The van der Waals surface area contributed by atoms with Crippen molar-refractivity contribution in [2.45, 2.75) is 33.1 Å². The van der Waals surface area contributed by atoms with Gasteiger partial charge < -0.3 is 9.64 Å². The molecule has 1 amide bonds. The van der Waals surface area contributed by atoms with Crippen molar-refractivity contribution in [2.24, 2.45) is 0 Å². The summed E-state index contributed by atoms with van der Waals surface area (Å²) in [5.74, 6) is -0.136. The highest BCUT2D eigenvalue weighted by Crippen LogP contribution is 2.24. The molecule has 19 heavy (non-hydrogen) atoms. The number of hydrogen-bond acceptors (Lipinski definition) is 5. The average Bonchev–Trinajstić information content (AvgIpc) is 2.38. The topological polar surface area (TPSA) is 63.7 Å². The monoisotopic (exact) mass is 285 g/mol. The predicted octanol–water partition coefficient (Wildman–Crippen LogP) is 1.58. The lowest BCUT2D eigenvalue weighted by molar-refractivity contribution is -0.148. The molecule has 0 aromatic carbocycles. The summed E-state index contributed by atoms with van der Waals surface area (Å²) in [7, 11) is 0. The number of rotatable bonds is 5. The third kappa shape index (κ3) is 5.22. The molecule has 0 spiro atoms. The van der Waals surface area contributed by atoms with E-state index in [0.29, 0.717) is 24.9 Å². The van der Waals surface area contributed by atoms with Crippen molar-refractivity contribution < 1.29 is 19.1 Å². The standard InChI is InChI=1S/C13H19NO4S/c1-3-18-13(17)11-6-4-5-8-14(11)12(16)7-9-19-10(2)15/h6H,3-5,7-9H2,1-2H3.